The van der Waals surface area contributed by atoms with Crippen LogP contribution in [0.5, 0.6) is 0 Å². The minimum absolute atomic E-state index is 0.121. The smallest absolute Gasteiger partial charge is 0.189 e. The molecule has 0 fully saturated rings. The highest BCUT2D eigenvalue weighted by Crippen LogP contribution is 2.32. The van der Waals surface area contributed by atoms with E-state index in [9.17, 15) is 15.0 Å². The highest BCUT2D eigenvalue weighted by molar-refractivity contribution is 6.07. The second-order valence-electron chi connectivity index (χ2n) is 6.74. The number of rotatable bonds is 5. The Kier molecular flexibility index (Phi) is 6.40. The van der Waals surface area contributed by atoms with Gasteiger partial charge in [-0.05, 0) is 55.9 Å². The SMILES string of the molecule is CC(C)=CCC1=C(O)C(C(=O)/C=C/C2=CCC(O)=CC=C2)=CCC1C. The first-order chi connectivity index (χ1) is 11.9. The van der Waals surface area contributed by atoms with Gasteiger partial charge in [0.1, 0.15) is 5.76 Å². The number of allylic oxidation sites excluding steroid dienone is 12. The summed E-state index contributed by atoms with van der Waals surface area (Å²) in [6.45, 7) is 6.12. The summed E-state index contributed by atoms with van der Waals surface area (Å²) in [7, 11) is 0. The zero-order valence-corrected chi connectivity index (χ0v) is 15.1. The standard InChI is InChI=1S/C22H26O3/c1-15(2)7-12-19-16(3)8-13-20(22(19)25)21(24)14-10-17-5-4-6-18(23)11-9-17/h4-7,9-10,13-14,16,23,25H,8,11-12H2,1-3H3/b14-10+. The molecule has 3 heteroatoms. The van der Waals surface area contributed by atoms with Gasteiger partial charge in [-0.1, -0.05) is 49.0 Å². The van der Waals surface area contributed by atoms with Gasteiger partial charge < -0.3 is 10.2 Å². The molecule has 0 aromatic rings. The predicted octanol–water partition coefficient (Wildman–Crippen LogP) is 5.57. The summed E-state index contributed by atoms with van der Waals surface area (Å²) in [4.78, 5) is 12.5. The monoisotopic (exact) mass is 338 g/mol. The Hall–Kier alpha value is -2.55. The Morgan fingerprint density at radius 3 is 2.76 bits per heavy atom. The fraction of sp³-hybridized carbons (Fsp3) is 0.318. The van der Waals surface area contributed by atoms with Crippen molar-refractivity contribution >= 4 is 5.78 Å². The van der Waals surface area contributed by atoms with Crippen LogP contribution in [0.1, 0.15) is 40.0 Å². The van der Waals surface area contributed by atoms with Crippen LogP contribution in [0.4, 0.5) is 0 Å². The van der Waals surface area contributed by atoms with Crippen molar-refractivity contribution in [3.8, 4) is 0 Å². The van der Waals surface area contributed by atoms with Gasteiger partial charge >= 0.3 is 0 Å². The van der Waals surface area contributed by atoms with Crippen molar-refractivity contribution < 1.29 is 15.0 Å². The minimum atomic E-state index is -0.199. The number of ketones is 1. The summed E-state index contributed by atoms with van der Waals surface area (Å²) < 4.78 is 0. The Morgan fingerprint density at radius 2 is 2.04 bits per heavy atom. The molecule has 2 N–H and O–H groups in total. The molecule has 1 unspecified atom stereocenters. The average Bonchev–Trinajstić information content (AvgIpc) is 2.76. The lowest BCUT2D eigenvalue weighted by atomic mass is 9.85. The maximum atomic E-state index is 12.5. The maximum absolute atomic E-state index is 12.5. The minimum Gasteiger partial charge on any atom is -0.512 e. The predicted molar refractivity (Wildman–Crippen MR) is 102 cm³/mol. The Labute approximate surface area is 149 Å². The largest absolute Gasteiger partial charge is 0.512 e. The van der Waals surface area contributed by atoms with Crippen LogP contribution < -0.4 is 0 Å². The van der Waals surface area contributed by atoms with Crippen LogP contribution in [0, 0.1) is 5.92 Å². The molecule has 3 nitrogen and oxygen atoms in total. The topological polar surface area (TPSA) is 57.5 Å². The van der Waals surface area contributed by atoms with Crippen LogP contribution in [0.25, 0.3) is 0 Å². The molecule has 0 aromatic carbocycles. The fourth-order valence-corrected chi connectivity index (χ4v) is 2.78. The van der Waals surface area contributed by atoms with Crippen molar-refractivity contribution in [2.75, 3.05) is 0 Å². The van der Waals surface area contributed by atoms with Crippen LogP contribution in [0.15, 0.2) is 82.4 Å². The first kappa shape index (κ1) is 18.8. The van der Waals surface area contributed by atoms with Gasteiger partial charge in [0.15, 0.2) is 5.78 Å². The summed E-state index contributed by atoms with van der Waals surface area (Å²) >= 11 is 0. The summed E-state index contributed by atoms with van der Waals surface area (Å²) in [6.07, 6.45) is 16.0. The first-order valence-electron chi connectivity index (χ1n) is 8.63. The Bertz CT molecular complexity index is 748. The zero-order valence-electron chi connectivity index (χ0n) is 15.1. The van der Waals surface area contributed by atoms with Gasteiger partial charge in [0, 0.05) is 6.42 Å². The van der Waals surface area contributed by atoms with E-state index in [2.05, 4.69) is 13.0 Å². The van der Waals surface area contributed by atoms with Crippen LogP contribution in [0.3, 0.4) is 0 Å². The molecule has 0 saturated heterocycles. The molecule has 0 spiro atoms. The van der Waals surface area contributed by atoms with Gasteiger partial charge in [0.05, 0.1) is 11.3 Å². The number of carbonyl (C=O) groups is 1. The van der Waals surface area contributed by atoms with Crippen molar-refractivity contribution in [2.45, 2.75) is 40.0 Å². The van der Waals surface area contributed by atoms with E-state index < -0.39 is 0 Å². The van der Waals surface area contributed by atoms with Crippen molar-refractivity contribution in [1.29, 1.82) is 0 Å². The number of hydrogen-bond donors (Lipinski definition) is 2. The lowest BCUT2D eigenvalue weighted by Crippen LogP contribution is -2.14. The third kappa shape index (κ3) is 5.21. The third-order valence-corrected chi connectivity index (χ3v) is 4.38. The molecule has 2 rings (SSSR count). The molecule has 132 valence electrons. The van der Waals surface area contributed by atoms with Gasteiger partial charge in [-0.2, -0.15) is 0 Å². The number of carbonyl (C=O) groups excluding carboxylic acids is 1. The summed E-state index contributed by atoms with van der Waals surface area (Å²) in [5.41, 5.74) is 3.35. The van der Waals surface area contributed by atoms with E-state index in [1.165, 1.54) is 11.6 Å². The Morgan fingerprint density at radius 1 is 1.28 bits per heavy atom. The van der Waals surface area contributed by atoms with Gasteiger partial charge in [0.25, 0.3) is 0 Å². The molecule has 1 atom stereocenters. The number of aliphatic hydroxyl groups is 2. The first-order valence-corrected chi connectivity index (χ1v) is 8.63. The molecule has 0 amide bonds. The van der Waals surface area contributed by atoms with Crippen LogP contribution in [-0.4, -0.2) is 16.0 Å². The summed E-state index contributed by atoms with van der Waals surface area (Å²) in [5, 5.41) is 20.0. The lowest BCUT2D eigenvalue weighted by molar-refractivity contribution is -0.111. The lowest BCUT2D eigenvalue weighted by Gasteiger charge is -2.21. The molecule has 0 aliphatic heterocycles. The fourth-order valence-electron chi connectivity index (χ4n) is 2.78. The molecule has 2 aliphatic carbocycles. The van der Waals surface area contributed by atoms with Crippen molar-refractivity contribution in [3.63, 3.8) is 0 Å². The van der Waals surface area contributed by atoms with E-state index in [-0.39, 0.29) is 17.5 Å². The van der Waals surface area contributed by atoms with Gasteiger partial charge in [0.2, 0.25) is 0 Å². The van der Waals surface area contributed by atoms with E-state index in [1.54, 1.807) is 18.2 Å². The zero-order chi connectivity index (χ0) is 18.4. The average molecular weight is 338 g/mol. The van der Waals surface area contributed by atoms with Crippen molar-refractivity contribution in [1.82, 2.24) is 0 Å². The summed E-state index contributed by atoms with van der Waals surface area (Å²) in [5.74, 6) is 0.447. The van der Waals surface area contributed by atoms with Gasteiger partial charge in [-0.3, -0.25) is 4.79 Å². The molecular formula is C22H26O3. The van der Waals surface area contributed by atoms with Crippen molar-refractivity contribution in [2.24, 2.45) is 5.92 Å². The second-order valence-corrected chi connectivity index (χ2v) is 6.74. The molecule has 0 bridgehead atoms. The molecule has 2 aliphatic rings. The Balaban J connectivity index is 2.16. The van der Waals surface area contributed by atoms with Crippen LogP contribution in [-0.2, 0) is 4.79 Å². The van der Waals surface area contributed by atoms with E-state index in [1.807, 2.05) is 32.1 Å². The number of aliphatic hydroxyl groups excluding tert-OH is 2. The quantitative estimate of drug-likeness (QED) is 0.508. The van der Waals surface area contributed by atoms with Crippen LogP contribution in [0.2, 0.25) is 0 Å². The molecule has 0 heterocycles. The third-order valence-electron chi connectivity index (χ3n) is 4.38. The molecule has 0 saturated carbocycles. The van der Waals surface area contributed by atoms with E-state index >= 15 is 0 Å². The van der Waals surface area contributed by atoms with Crippen molar-refractivity contribution in [3.05, 3.63) is 82.4 Å². The van der Waals surface area contributed by atoms with E-state index in [0.29, 0.717) is 24.2 Å². The molecule has 0 aromatic heterocycles. The molecule has 25 heavy (non-hydrogen) atoms. The molecule has 0 radical (unpaired) electrons. The van der Waals surface area contributed by atoms with Gasteiger partial charge in [-0.15, -0.1) is 0 Å². The van der Waals surface area contributed by atoms with Crippen LogP contribution >= 0.6 is 0 Å². The van der Waals surface area contributed by atoms with E-state index in [0.717, 1.165) is 17.6 Å². The molecular weight excluding hydrogens is 312 g/mol. The second kappa shape index (κ2) is 8.52. The highest BCUT2D eigenvalue weighted by Gasteiger charge is 2.23. The normalized spacial score (nSPS) is 20.8. The highest BCUT2D eigenvalue weighted by atomic mass is 16.3. The summed E-state index contributed by atoms with van der Waals surface area (Å²) in [6, 6.07) is 0. The van der Waals surface area contributed by atoms with Gasteiger partial charge in [-0.25, -0.2) is 0 Å². The number of hydrogen-bond acceptors (Lipinski definition) is 3. The van der Waals surface area contributed by atoms with E-state index in [4.69, 9.17) is 0 Å². The maximum Gasteiger partial charge on any atom is 0.189 e.